The number of rotatable bonds is 5. The molecule has 0 radical (unpaired) electrons. The third-order valence-electron chi connectivity index (χ3n) is 4.51. The van der Waals surface area contributed by atoms with Gasteiger partial charge in [0.1, 0.15) is 0 Å². The van der Waals surface area contributed by atoms with Crippen LogP contribution in [-0.4, -0.2) is 42.3 Å². The molecule has 1 atom stereocenters. The SMILES string of the molecule is CC(O)C1CCN(CC2(CCN)CC2)CC1. The van der Waals surface area contributed by atoms with Crippen LogP contribution in [0.4, 0.5) is 0 Å². The van der Waals surface area contributed by atoms with Crippen molar-refractivity contribution < 1.29 is 5.11 Å². The minimum atomic E-state index is -0.124. The summed E-state index contributed by atoms with van der Waals surface area (Å²) < 4.78 is 0. The number of nitrogens with zero attached hydrogens (tertiary/aromatic N) is 1. The summed E-state index contributed by atoms with van der Waals surface area (Å²) >= 11 is 0. The first-order chi connectivity index (χ1) is 7.65. The van der Waals surface area contributed by atoms with E-state index >= 15 is 0 Å². The van der Waals surface area contributed by atoms with Crippen LogP contribution in [0, 0.1) is 11.3 Å². The fourth-order valence-corrected chi connectivity index (χ4v) is 3.04. The van der Waals surface area contributed by atoms with Gasteiger partial charge in [0.05, 0.1) is 6.10 Å². The molecular formula is C13H26N2O. The molecule has 1 aliphatic heterocycles. The van der Waals surface area contributed by atoms with Crippen LogP contribution in [0.15, 0.2) is 0 Å². The van der Waals surface area contributed by atoms with Crippen molar-refractivity contribution in [2.45, 2.75) is 45.1 Å². The summed E-state index contributed by atoms with van der Waals surface area (Å²) in [7, 11) is 0. The summed E-state index contributed by atoms with van der Waals surface area (Å²) in [5.74, 6) is 0.529. The van der Waals surface area contributed by atoms with Gasteiger partial charge in [0.2, 0.25) is 0 Å². The normalized spacial score (nSPS) is 27.9. The molecule has 0 amide bonds. The average Bonchev–Trinajstić information content (AvgIpc) is 2.99. The Bertz CT molecular complexity index is 218. The highest BCUT2D eigenvalue weighted by Crippen LogP contribution is 2.49. The maximum Gasteiger partial charge on any atom is 0.0541 e. The molecule has 2 fully saturated rings. The maximum atomic E-state index is 9.56. The first kappa shape index (κ1) is 12.3. The van der Waals surface area contributed by atoms with E-state index in [-0.39, 0.29) is 6.10 Å². The highest BCUT2D eigenvalue weighted by Gasteiger charge is 2.43. The number of aliphatic hydroxyl groups is 1. The van der Waals surface area contributed by atoms with Crippen LogP contribution < -0.4 is 5.73 Å². The summed E-state index contributed by atoms with van der Waals surface area (Å²) in [4.78, 5) is 2.58. The van der Waals surface area contributed by atoms with Gasteiger partial charge in [-0.05, 0) is 70.0 Å². The quantitative estimate of drug-likeness (QED) is 0.741. The molecule has 0 aromatic carbocycles. The third-order valence-corrected chi connectivity index (χ3v) is 4.51. The third kappa shape index (κ3) is 2.96. The average molecular weight is 226 g/mol. The van der Waals surface area contributed by atoms with Crippen LogP contribution in [0.5, 0.6) is 0 Å². The zero-order valence-electron chi connectivity index (χ0n) is 10.5. The van der Waals surface area contributed by atoms with E-state index < -0.39 is 0 Å². The molecule has 0 aromatic rings. The molecule has 2 aliphatic rings. The largest absolute Gasteiger partial charge is 0.393 e. The molecule has 0 bridgehead atoms. The van der Waals surface area contributed by atoms with Gasteiger partial charge in [0.15, 0.2) is 0 Å². The van der Waals surface area contributed by atoms with Crippen LogP contribution in [0.2, 0.25) is 0 Å². The Kier molecular flexibility index (Phi) is 3.88. The smallest absolute Gasteiger partial charge is 0.0541 e. The summed E-state index contributed by atoms with van der Waals surface area (Å²) in [6, 6.07) is 0. The van der Waals surface area contributed by atoms with Gasteiger partial charge in [-0.15, -0.1) is 0 Å². The van der Waals surface area contributed by atoms with Crippen LogP contribution in [-0.2, 0) is 0 Å². The summed E-state index contributed by atoms with van der Waals surface area (Å²) in [6.07, 6.45) is 6.15. The Morgan fingerprint density at radius 1 is 1.38 bits per heavy atom. The van der Waals surface area contributed by atoms with Gasteiger partial charge in [0, 0.05) is 6.54 Å². The minimum Gasteiger partial charge on any atom is -0.393 e. The van der Waals surface area contributed by atoms with Crippen molar-refractivity contribution in [1.82, 2.24) is 4.90 Å². The lowest BCUT2D eigenvalue weighted by atomic mass is 9.91. The number of nitrogens with two attached hydrogens (primary N) is 1. The second-order valence-electron chi connectivity index (χ2n) is 5.89. The molecule has 3 nitrogen and oxygen atoms in total. The molecular weight excluding hydrogens is 200 g/mol. The number of likely N-dealkylation sites (tertiary alicyclic amines) is 1. The summed E-state index contributed by atoms with van der Waals surface area (Å²) in [5, 5.41) is 9.56. The number of piperidine rings is 1. The number of hydrogen-bond acceptors (Lipinski definition) is 3. The Morgan fingerprint density at radius 3 is 2.44 bits per heavy atom. The van der Waals surface area contributed by atoms with Gasteiger partial charge in [-0.25, -0.2) is 0 Å². The molecule has 1 saturated heterocycles. The molecule has 0 aromatic heterocycles. The van der Waals surface area contributed by atoms with Crippen molar-refractivity contribution in [1.29, 1.82) is 0 Å². The lowest BCUT2D eigenvalue weighted by Crippen LogP contribution is -2.40. The van der Waals surface area contributed by atoms with E-state index in [1.165, 1.54) is 38.9 Å². The molecule has 3 N–H and O–H groups in total. The van der Waals surface area contributed by atoms with Crippen molar-refractivity contribution in [2.75, 3.05) is 26.2 Å². The zero-order chi connectivity index (χ0) is 11.6. The molecule has 3 heteroatoms. The molecule has 94 valence electrons. The van der Waals surface area contributed by atoms with Gasteiger partial charge in [-0.2, -0.15) is 0 Å². The molecule has 16 heavy (non-hydrogen) atoms. The van der Waals surface area contributed by atoms with Crippen LogP contribution in [0.3, 0.4) is 0 Å². The minimum absolute atomic E-state index is 0.124. The highest BCUT2D eigenvalue weighted by molar-refractivity contribution is 4.96. The van der Waals surface area contributed by atoms with Gasteiger partial charge >= 0.3 is 0 Å². The van der Waals surface area contributed by atoms with Gasteiger partial charge < -0.3 is 15.7 Å². The van der Waals surface area contributed by atoms with E-state index in [1.54, 1.807) is 0 Å². The second kappa shape index (κ2) is 5.03. The van der Waals surface area contributed by atoms with Crippen LogP contribution in [0.1, 0.15) is 39.0 Å². The predicted molar refractivity (Wildman–Crippen MR) is 66.2 cm³/mol. The molecule has 1 saturated carbocycles. The molecule has 0 spiro atoms. The molecule has 2 rings (SSSR count). The Balaban J connectivity index is 1.73. The van der Waals surface area contributed by atoms with E-state index in [0.717, 1.165) is 19.4 Å². The van der Waals surface area contributed by atoms with Gasteiger partial charge in [-0.3, -0.25) is 0 Å². The van der Waals surface area contributed by atoms with Crippen molar-refractivity contribution in [3.63, 3.8) is 0 Å². The fourth-order valence-electron chi connectivity index (χ4n) is 3.04. The van der Waals surface area contributed by atoms with Gasteiger partial charge in [-0.1, -0.05) is 0 Å². The van der Waals surface area contributed by atoms with Crippen molar-refractivity contribution in [2.24, 2.45) is 17.1 Å². The van der Waals surface area contributed by atoms with Crippen LogP contribution in [0.25, 0.3) is 0 Å². The topological polar surface area (TPSA) is 49.5 Å². The lowest BCUT2D eigenvalue weighted by molar-refractivity contribution is 0.0641. The molecule has 1 heterocycles. The number of aliphatic hydroxyl groups excluding tert-OH is 1. The second-order valence-corrected chi connectivity index (χ2v) is 5.89. The molecule has 1 aliphatic carbocycles. The summed E-state index contributed by atoms with van der Waals surface area (Å²) in [5.41, 5.74) is 6.25. The van der Waals surface area contributed by atoms with E-state index in [0.29, 0.717) is 11.3 Å². The Morgan fingerprint density at radius 2 is 2.00 bits per heavy atom. The Hall–Kier alpha value is -0.120. The zero-order valence-corrected chi connectivity index (χ0v) is 10.5. The monoisotopic (exact) mass is 226 g/mol. The van der Waals surface area contributed by atoms with Gasteiger partial charge in [0.25, 0.3) is 0 Å². The van der Waals surface area contributed by atoms with E-state index in [9.17, 15) is 5.11 Å². The lowest BCUT2D eigenvalue weighted by Gasteiger charge is -2.35. The van der Waals surface area contributed by atoms with E-state index in [4.69, 9.17) is 5.73 Å². The first-order valence-corrected chi connectivity index (χ1v) is 6.76. The van der Waals surface area contributed by atoms with E-state index in [2.05, 4.69) is 4.90 Å². The summed E-state index contributed by atoms with van der Waals surface area (Å²) in [6.45, 7) is 6.35. The van der Waals surface area contributed by atoms with Crippen molar-refractivity contribution >= 4 is 0 Å². The van der Waals surface area contributed by atoms with Crippen LogP contribution >= 0.6 is 0 Å². The van der Waals surface area contributed by atoms with Crippen molar-refractivity contribution in [3.05, 3.63) is 0 Å². The first-order valence-electron chi connectivity index (χ1n) is 6.76. The number of hydrogen-bond donors (Lipinski definition) is 2. The fraction of sp³-hybridized carbons (Fsp3) is 1.00. The highest BCUT2D eigenvalue weighted by atomic mass is 16.3. The predicted octanol–water partition coefficient (Wildman–Crippen LogP) is 1.21. The Labute approximate surface area is 99.0 Å². The standard InChI is InChI=1S/C13H26N2O/c1-11(16)12-2-8-15(9-3-12)10-13(4-5-13)6-7-14/h11-12,16H,2-10,14H2,1H3. The van der Waals surface area contributed by atoms with Crippen molar-refractivity contribution in [3.8, 4) is 0 Å². The molecule has 1 unspecified atom stereocenters. The maximum absolute atomic E-state index is 9.56. The van der Waals surface area contributed by atoms with E-state index in [1.807, 2.05) is 6.92 Å².